The summed E-state index contributed by atoms with van der Waals surface area (Å²) in [5, 5.41) is -0.772. The number of nitrogens with zero attached hydrogens (tertiary/aromatic N) is 1. The zero-order valence-corrected chi connectivity index (χ0v) is 13.5. The quantitative estimate of drug-likeness (QED) is 0.765. The van der Waals surface area contributed by atoms with Gasteiger partial charge in [0, 0.05) is 12.6 Å². The second-order valence-corrected chi connectivity index (χ2v) is 10.2. The molecule has 2 rings (SSSR count). The molecule has 0 amide bonds. The van der Waals surface area contributed by atoms with Crippen LogP contribution in [-0.4, -0.2) is 57.0 Å². The highest BCUT2D eigenvalue weighted by Crippen LogP contribution is 2.33. The molecular formula is C12H24N2O4S2. The van der Waals surface area contributed by atoms with E-state index in [0.717, 1.165) is 19.3 Å². The number of sulfonamides is 1. The molecule has 8 heteroatoms. The summed E-state index contributed by atoms with van der Waals surface area (Å²) in [7, 11) is -6.74. The van der Waals surface area contributed by atoms with Gasteiger partial charge in [-0.05, 0) is 31.7 Å². The van der Waals surface area contributed by atoms with Crippen molar-refractivity contribution >= 4 is 19.9 Å². The number of nitrogens with two attached hydrogens (primary N) is 1. The maximum Gasteiger partial charge on any atom is 0.218 e. The van der Waals surface area contributed by atoms with Crippen molar-refractivity contribution in [2.45, 2.75) is 43.9 Å². The predicted octanol–water partition coefficient (Wildman–Crippen LogP) is -0.0474. The van der Waals surface area contributed by atoms with E-state index in [0.29, 0.717) is 13.1 Å². The van der Waals surface area contributed by atoms with Crippen molar-refractivity contribution in [2.24, 2.45) is 11.7 Å². The van der Waals surface area contributed by atoms with Gasteiger partial charge in [-0.25, -0.2) is 16.8 Å². The van der Waals surface area contributed by atoms with Gasteiger partial charge in [-0.1, -0.05) is 13.3 Å². The second kappa shape index (κ2) is 5.90. The third kappa shape index (κ3) is 3.03. The zero-order valence-electron chi connectivity index (χ0n) is 11.9. The van der Waals surface area contributed by atoms with E-state index in [9.17, 15) is 16.8 Å². The Kier molecular flexibility index (Phi) is 4.78. The molecule has 1 saturated carbocycles. The first-order valence-corrected chi connectivity index (χ1v) is 10.6. The van der Waals surface area contributed by atoms with E-state index in [2.05, 4.69) is 0 Å². The molecule has 0 spiro atoms. The normalized spacial score (nSPS) is 33.9. The van der Waals surface area contributed by atoms with E-state index in [1.54, 1.807) is 0 Å². The van der Waals surface area contributed by atoms with Crippen molar-refractivity contribution in [1.29, 1.82) is 0 Å². The molecule has 1 aliphatic heterocycles. The van der Waals surface area contributed by atoms with Crippen molar-refractivity contribution in [1.82, 2.24) is 4.31 Å². The van der Waals surface area contributed by atoms with Crippen LogP contribution in [0.15, 0.2) is 0 Å². The fraction of sp³-hybridized carbons (Fsp3) is 1.00. The summed E-state index contributed by atoms with van der Waals surface area (Å²) < 4.78 is 50.0. The van der Waals surface area contributed by atoms with Gasteiger partial charge in [-0.15, -0.1) is 0 Å². The lowest BCUT2D eigenvalue weighted by molar-refractivity contribution is 0.274. The van der Waals surface area contributed by atoms with Gasteiger partial charge in [-0.3, -0.25) is 0 Å². The fourth-order valence-electron chi connectivity index (χ4n) is 3.46. The van der Waals surface area contributed by atoms with Crippen LogP contribution < -0.4 is 5.73 Å². The highest BCUT2D eigenvalue weighted by molar-refractivity contribution is 7.95. The minimum absolute atomic E-state index is 0.0144. The van der Waals surface area contributed by atoms with E-state index in [4.69, 9.17) is 5.73 Å². The average Bonchev–Trinajstić information content (AvgIpc) is 2.96. The molecule has 0 aromatic carbocycles. The molecule has 118 valence electrons. The maximum atomic E-state index is 12.7. The van der Waals surface area contributed by atoms with Crippen LogP contribution in [0.25, 0.3) is 0 Å². The molecular weight excluding hydrogens is 300 g/mol. The molecule has 2 aliphatic rings. The van der Waals surface area contributed by atoms with Crippen LogP contribution in [0.1, 0.15) is 32.6 Å². The molecule has 3 unspecified atom stereocenters. The lowest BCUT2D eigenvalue weighted by atomic mass is 10.0. The first kappa shape index (κ1) is 16.2. The van der Waals surface area contributed by atoms with Crippen LogP contribution >= 0.6 is 0 Å². The molecule has 0 aromatic heterocycles. The summed E-state index contributed by atoms with van der Waals surface area (Å²) in [4.78, 5) is 0. The van der Waals surface area contributed by atoms with Crippen LogP contribution in [0.2, 0.25) is 0 Å². The fourth-order valence-corrected chi connectivity index (χ4v) is 8.28. The van der Waals surface area contributed by atoms with E-state index in [1.807, 2.05) is 6.92 Å². The second-order valence-electron chi connectivity index (χ2n) is 5.77. The average molecular weight is 324 g/mol. The van der Waals surface area contributed by atoms with Crippen LogP contribution in [0.3, 0.4) is 0 Å². The largest absolute Gasteiger partial charge is 0.330 e. The number of hydrogen-bond donors (Lipinski definition) is 1. The molecule has 1 aliphatic carbocycles. The first-order chi connectivity index (χ1) is 9.31. The zero-order chi connectivity index (χ0) is 15.0. The molecule has 6 nitrogen and oxygen atoms in total. The smallest absolute Gasteiger partial charge is 0.218 e. The highest BCUT2D eigenvalue weighted by Gasteiger charge is 2.44. The molecule has 2 fully saturated rings. The molecule has 0 radical (unpaired) electrons. The summed E-state index contributed by atoms with van der Waals surface area (Å²) in [5.41, 5.74) is 5.74. The minimum atomic E-state index is -3.55. The van der Waals surface area contributed by atoms with Gasteiger partial charge < -0.3 is 5.73 Å². The van der Waals surface area contributed by atoms with E-state index in [1.165, 1.54) is 4.31 Å². The molecule has 1 saturated heterocycles. The lowest BCUT2D eigenvalue weighted by Gasteiger charge is -2.32. The van der Waals surface area contributed by atoms with E-state index >= 15 is 0 Å². The molecule has 3 atom stereocenters. The van der Waals surface area contributed by atoms with E-state index < -0.39 is 25.1 Å². The molecule has 2 N–H and O–H groups in total. The topological polar surface area (TPSA) is 97.5 Å². The van der Waals surface area contributed by atoms with Crippen LogP contribution in [0, 0.1) is 5.92 Å². The summed E-state index contributed by atoms with van der Waals surface area (Å²) >= 11 is 0. The maximum absolute atomic E-state index is 12.7. The van der Waals surface area contributed by atoms with Crippen molar-refractivity contribution in [3.05, 3.63) is 0 Å². The van der Waals surface area contributed by atoms with Crippen LogP contribution in [0.5, 0.6) is 0 Å². The van der Waals surface area contributed by atoms with Gasteiger partial charge >= 0.3 is 0 Å². The third-order valence-electron chi connectivity index (χ3n) is 4.54. The van der Waals surface area contributed by atoms with Gasteiger partial charge in [0.1, 0.15) is 0 Å². The van der Waals surface area contributed by atoms with Crippen molar-refractivity contribution < 1.29 is 16.8 Å². The first-order valence-electron chi connectivity index (χ1n) is 7.23. The Morgan fingerprint density at radius 2 is 1.95 bits per heavy atom. The van der Waals surface area contributed by atoms with Gasteiger partial charge in [-0.2, -0.15) is 4.31 Å². The molecule has 0 bridgehead atoms. The Bertz CT molecular complexity index is 544. The Balaban J connectivity index is 2.22. The molecule has 20 heavy (non-hydrogen) atoms. The van der Waals surface area contributed by atoms with Crippen molar-refractivity contribution in [3.63, 3.8) is 0 Å². The SMILES string of the molecule is CCN(C1CCCC1CN)S(=O)(=O)C1CCS(=O)(=O)C1. The summed E-state index contributed by atoms with van der Waals surface area (Å²) in [5.74, 6) is -0.0478. The Labute approximate surface area is 121 Å². The van der Waals surface area contributed by atoms with Gasteiger partial charge in [0.25, 0.3) is 0 Å². The summed E-state index contributed by atoms with van der Waals surface area (Å²) in [6.45, 7) is 2.69. The van der Waals surface area contributed by atoms with E-state index in [-0.39, 0.29) is 29.9 Å². The summed E-state index contributed by atoms with van der Waals surface area (Å²) in [6.07, 6.45) is 2.99. The Morgan fingerprint density at radius 3 is 2.45 bits per heavy atom. The Morgan fingerprint density at radius 1 is 1.25 bits per heavy atom. The minimum Gasteiger partial charge on any atom is -0.330 e. The predicted molar refractivity (Wildman–Crippen MR) is 78.5 cm³/mol. The lowest BCUT2D eigenvalue weighted by Crippen LogP contribution is -2.48. The van der Waals surface area contributed by atoms with Crippen molar-refractivity contribution in [2.75, 3.05) is 24.6 Å². The van der Waals surface area contributed by atoms with Gasteiger partial charge in [0.2, 0.25) is 10.0 Å². The standard InChI is InChI=1S/C12H24N2O4S2/c1-2-14(12-5-3-4-10(12)8-13)20(17,18)11-6-7-19(15,16)9-11/h10-12H,2-9,13H2,1H3. The van der Waals surface area contributed by atoms with Crippen LogP contribution in [0.4, 0.5) is 0 Å². The molecule has 0 aromatic rings. The Hall–Kier alpha value is -0.180. The highest BCUT2D eigenvalue weighted by atomic mass is 32.2. The molecule has 1 heterocycles. The monoisotopic (exact) mass is 324 g/mol. The van der Waals surface area contributed by atoms with Gasteiger partial charge in [0.15, 0.2) is 9.84 Å². The third-order valence-corrected chi connectivity index (χ3v) is 8.95. The van der Waals surface area contributed by atoms with Crippen molar-refractivity contribution in [3.8, 4) is 0 Å². The van der Waals surface area contributed by atoms with Crippen LogP contribution in [-0.2, 0) is 19.9 Å². The number of hydrogen-bond acceptors (Lipinski definition) is 5. The number of sulfone groups is 1. The summed E-state index contributed by atoms with van der Waals surface area (Å²) in [6, 6.07) is -0.0571. The van der Waals surface area contributed by atoms with Gasteiger partial charge in [0.05, 0.1) is 16.8 Å². The number of rotatable bonds is 5.